The van der Waals surface area contributed by atoms with Crippen LogP contribution in [-0.4, -0.2) is 18.2 Å². The van der Waals surface area contributed by atoms with Crippen LogP contribution in [0.3, 0.4) is 0 Å². The number of fused-ring (bicyclic) bond motifs is 3. The minimum atomic E-state index is -0.337. The van der Waals surface area contributed by atoms with Crippen LogP contribution >= 0.6 is 0 Å². The Labute approximate surface area is 174 Å². The summed E-state index contributed by atoms with van der Waals surface area (Å²) in [6.45, 7) is 10.5. The standard InChI is InChI=1S/C26H34O3/c1-6-16(2)25(27)28-23-14-20-12-19(23)15-24(20)29-26(4,5)21-10-11-22-17(3)8-7-9-18(22)13-21/h7-11,13,16,19-20,23-24H,6,12,14-15H2,1-5H3. The second kappa shape index (κ2) is 7.75. The van der Waals surface area contributed by atoms with Gasteiger partial charge in [-0.3, -0.25) is 4.79 Å². The minimum Gasteiger partial charge on any atom is -0.462 e. The van der Waals surface area contributed by atoms with Crippen molar-refractivity contribution in [3.8, 4) is 0 Å². The minimum absolute atomic E-state index is 0.00310. The Balaban J connectivity index is 1.42. The summed E-state index contributed by atoms with van der Waals surface area (Å²) in [6.07, 6.45) is 4.25. The first kappa shape index (κ1) is 20.4. The largest absolute Gasteiger partial charge is 0.462 e. The molecule has 2 aromatic rings. The van der Waals surface area contributed by atoms with Crippen LogP contribution in [0.4, 0.5) is 0 Å². The quantitative estimate of drug-likeness (QED) is 0.551. The molecule has 0 radical (unpaired) electrons. The van der Waals surface area contributed by atoms with Gasteiger partial charge in [-0.25, -0.2) is 0 Å². The molecule has 5 unspecified atom stereocenters. The molecule has 0 amide bonds. The maximum atomic E-state index is 12.2. The molecule has 0 spiro atoms. The molecule has 5 atom stereocenters. The molecule has 0 aliphatic heterocycles. The number of rotatable bonds is 6. The molecule has 0 heterocycles. The van der Waals surface area contributed by atoms with E-state index in [2.05, 4.69) is 57.2 Å². The highest BCUT2D eigenvalue weighted by molar-refractivity contribution is 5.86. The van der Waals surface area contributed by atoms with Crippen molar-refractivity contribution in [2.24, 2.45) is 17.8 Å². The lowest BCUT2D eigenvalue weighted by Gasteiger charge is -2.35. The third-order valence-corrected chi connectivity index (χ3v) is 7.25. The van der Waals surface area contributed by atoms with E-state index in [4.69, 9.17) is 9.47 Å². The van der Waals surface area contributed by atoms with Gasteiger partial charge in [0.05, 0.1) is 17.6 Å². The number of carbonyl (C=O) groups is 1. The number of hydrogen-bond donors (Lipinski definition) is 0. The van der Waals surface area contributed by atoms with Crippen LogP contribution in [-0.2, 0) is 19.9 Å². The van der Waals surface area contributed by atoms with Gasteiger partial charge in [0.1, 0.15) is 6.10 Å². The summed E-state index contributed by atoms with van der Waals surface area (Å²) in [5.41, 5.74) is 2.19. The first-order valence-corrected chi connectivity index (χ1v) is 11.2. The number of benzene rings is 2. The summed E-state index contributed by atoms with van der Waals surface area (Å²) in [5, 5.41) is 2.57. The van der Waals surface area contributed by atoms with Gasteiger partial charge in [0, 0.05) is 0 Å². The summed E-state index contributed by atoms with van der Waals surface area (Å²) >= 11 is 0. The van der Waals surface area contributed by atoms with Crippen LogP contribution in [0.5, 0.6) is 0 Å². The Hall–Kier alpha value is -1.87. The van der Waals surface area contributed by atoms with Crippen molar-refractivity contribution in [3.63, 3.8) is 0 Å². The zero-order chi connectivity index (χ0) is 20.8. The zero-order valence-electron chi connectivity index (χ0n) is 18.4. The summed E-state index contributed by atoms with van der Waals surface area (Å²) in [7, 11) is 0. The molecule has 2 saturated carbocycles. The fraction of sp³-hybridized carbons (Fsp3) is 0.577. The number of carbonyl (C=O) groups excluding carboxylic acids is 1. The maximum Gasteiger partial charge on any atom is 0.308 e. The molecule has 3 heteroatoms. The third-order valence-electron chi connectivity index (χ3n) is 7.25. The van der Waals surface area contributed by atoms with E-state index in [9.17, 15) is 4.79 Å². The number of esters is 1. The van der Waals surface area contributed by atoms with Crippen molar-refractivity contribution in [3.05, 3.63) is 47.5 Å². The summed E-state index contributed by atoms with van der Waals surface area (Å²) in [4.78, 5) is 12.2. The van der Waals surface area contributed by atoms with E-state index in [0.717, 1.165) is 25.7 Å². The highest BCUT2D eigenvalue weighted by atomic mass is 16.5. The lowest BCUT2D eigenvalue weighted by Crippen LogP contribution is -2.36. The highest BCUT2D eigenvalue weighted by Crippen LogP contribution is 2.49. The van der Waals surface area contributed by atoms with Crippen molar-refractivity contribution in [1.29, 1.82) is 0 Å². The molecule has 3 nitrogen and oxygen atoms in total. The Morgan fingerprint density at radius 1 is 1.10 bits per heavy atom. The molecule has 2 aliphatic rings. The van der Waals surface area contributed by atoms with E-state index < -0.39 is 0 Å². The third kappa shape index (κ3) is 3.94. The van der Waals surface area contributed by atoms with E-state index in [1.807, 2.05) is 13.8 Å². The monoisotopic (exact) mass is 394 g/mol. The van der Waals surface area contributed by atoms with Crippen LogP contribution in [0.1, 0.15) is 64.5 Å². The van der Waals surface area contributed by atoms with Crippen molar-refractivity contribution >= 4 is 16.7 Å². The van der Waals surface area contributed by atoms with Gasteiger partial charge in [-0.15, -0.1) is 0 Å². The molecule has 2 aliphatic carbocycles. The van der Waals surface area contributed by atoms with E-state index in [1.165, 1.54) is 21.9 Å². The lowest BCUT2D eigenvalue weighted by atomic mass is 9.91. The van der Waals surface area contributed by atoms with Gasteiger partial charge in [-0.05, 0) is 86.3 Å². The van der Waals surface area contributed by atoms with Crippen LogP contribution < -0.4 is 0 Å². The van der Waals surface area contributed by atoms with Crippen LogP contribution in [0.15, 0.2) is 36.4 Å². The molecule has 156 valence electrons. The fourth-order valence-electron chi connectivity index (χ4n) is 5.16. The van der Waals surface area contributed by atoms with E-state index >= 15 is 0 Å². The van der Waals surface area contributed by atoms with Crippen molar-refractivity contribution in [2.45, 2.75) is 78.1 Å². The SMILES string of the molecule is CCC(C)C(=O)OC1CC2CC1CC2OC(C)(C)c1ccc2c(C)cccc2c1. The molecular weight excluding hydrogens is 360 g/mol. The molecule has 4 rings (SSSR count). The van der Waals surface area contributed by atoms with E-state index in [1.54, 1.807) is 0 Å². The molecule has 0 saturated heterocycles. The van der Waals surface area contributed by atoms with Gasteiger partial charge in [0.25, 0.3) is 0 Å². The molecular formula is C26H34O3. The Bertz CT molecular complexity index is 900. The van der Waals surface area contributed by atoms with E-state index in [0.29, 0.717) is 11.8 Å². The Morgan fingerprint density at radius 3 is 2.52 bits per heavy atom. The van der Waals surface area contributed by atoms with Gasteiger partial charge in [-0.2, -0.15) is 0 Å². The maximum absolute atomic E-state index is 12.2. The van der Waals surface area contributed by atoms with Crippen LogP contribution in [0, 0.1) is 24.7 Å². The molecule has 0 aromatic heterocycles. The predicted octanol–water partition coefficient (Wildman–Crippen LogP) is 6.16. The Kier molecular flexibility index (Phi) is 5.46. The second-order valence-corrected chi connectivity index (χ2v) is 9.69. The first-order chi connectivity index (χ1) is 13.8. The van der Waals surface area contributed by atoms with Gasteiger partial charge < -0.3 is 9.47 Å². The highest BCUT2D eigenvalue weighted by Gasteiger charge is 2.49. The van der Waals surface area contributed by atoms with Gasteiger partial charge in [-0.1, -0.05) is 44.2 Å². The Morgan fingerprint density at radius 2 is 1.83 bits per heavy atom. The average molecular weight is 395 g/mol. The fourth-order valence-corrected chi connectivity index (χ4v) is 5.16. The van der Waals surface area contributed by atoms with Gasteiger partial charge >= 0.3 is 5.97 Å². The van der Waals surface area contributed by atoms with E-state index in [-0.39, 0.29) is 29.7 Å². The zero-order valence-corrected chi connectivity index (χ0v) is 18.4. The van der Waals surface area contributed by atoms with Crippen molar-refractivity contribution in [1.82, 2.24) is 0 Å². The van der Waals surface area contributed by atoms with Gasteiger partial charge in [0.2, 0.25) is 0 Å². The molecule has 29 heavy (non-hydrogen) atoms. The molecule has 2 fully saturated rings. The lowest BCUT2D eigenvalue weighted by molar-refractivity contribution is -0.160. The molecule has 2 aromatic carbocycles. The summed E-state index contributed by atoms with van der Waals surface area (Å²) < 4.78 is 12.5. The van der Waals surface area contributed by atoms with Gasteiger partial charge in [0.15, 0.2) is 0 Å². The summed E-state index contributed by atoms with van der Waals surface area (Å²) in [5.74, 6) is 0.913. The van der Waals surface area contributed by atoms with Crippen LogP contribution in [0.25, 0.3) is 10.8 Å². The number of ether oxygens (including phenoxy) is 2. The topological polar surface area (TPSA) is 35.5 Å². The first-order valence-electron chi connectivity index (χ1n) is 11.2. The van der Waals surface area contributed by atoms with Crippen LogP contribution in [0.2, 0.25) is 0 Å². The number of aryl methyl sites for hydroxylation is 1. The normalized spacial score (nSPS) is 27.3. The second-order valence-electron chi connectivity index (χ2n) is 9.69. The average Bonchev–Trinajstić information content (AvgIpc) is 3.26. The number of hydrogen-bond acceptors (Lipinski definition) is 3. The predicted molar refractivity (Wildman–Crippen MR) is 117 cm³/mol. The van der Waals surface area contributed by atoms with Crippen molar-refractivity contribution in [2.75, 3.05) is 0 Å². The summed E-state index contributed by atoms with van der Waals surface area (Å²) in [6, 6.07) is 13.1. The molecule has 2 bridgehead atoms. The molecule has 0 N–H and O–H groups in total. The smallest absolute Gasteiger partial charge is 0.308 e. The van der Waals surface area contributed by atoms with Crippen molar-refractivity contribution < 1.29 is 14.3 Å².